The molecule has 0 radical (unpaired) electrons. The van der Waals surface area contributed by atoms with Crippen LogP contribution in [0.4, 0.5) is 0 Å². The van der Waals surface area contributed by atoms with Crippen molar-refractivity contribution < 1.29 is 5.11 Å². The van der Waals surface area contributed by atoms with Crippen LogP contribution in [0.15, 0.2) is 53.2 Å². The van der Waals surface area contributed by atoms with E-state index in [-0.39, 0.29) is 6.61 Å². The Bertz CT molecular complexity index is 819. The van der Waals surface area contributed by atoms with Gasteiger partial charge in [0.1, 0.15) is 5.01 Å². The Kier molecular flexibility index (Phi) is 6.32. The molecule has 6 heteroatoms. The van der Waals surface area contributed by atoms with Gasteiger partial charge in [0.25, 0.3) is 0 Å². The minimum atomic E-state index is 0.245. The molecular formula is C21H25N3OS2. The van der Waals surface area contributed by atoms with Crippen LogP contribution in [-0.4, -0.2) is 52.2 Å². The third-order valence-electron chi connectivity index (χ3n) is 5.07. The van der Waals surface area contributed by atoms with Crippen molar-refractivity contribution in [2.45, 2.75) is 25.6 Å². The number of piperazine rings is 1. The molecule has 2 aromatic heterocycles. The largest absolute Gasteiger partial charge is 0.396 e. The van der Waals surface area contributed by atoms with Crippen molar-refractivity contribution in [3.8, 4) is 11.3 Å². The highest BCUT2D eigenvalue weighted by molar-refractivity contribution is 7.10. The average molecular weight is 400 g/mol. The molecule has 27 heavy (non-hydrogen) atoms. The second kappa shape index (κ2) is 9.08. The van der Waals surface area contributed by atoms with Crippen LogP contribution >= 0.6 is 22.7 Å². The Morgan fingerprint density at radius 1 is 1.04 bits per heavy atom. The second-order valence-electron chi connectivity index (χ2n) is 6.94. The molecule has 1 aromatic carbocycles. The topological polar surface area (TPSA) is 39.6 Å². The van der Waals surface area contributed by atoms with Gasteiger partial charge in [-0.25, -0.2) is 4.98 Å². The molecule has 1 aliphatic heterocycles. The van der Waals surface area contributed by atoms with Gasteiger partial charge in [0.05, 0.1) is 12.2 Å². The van der Waals surface area contributed by atoms with E-state index in [4.69, 9.17) is 4.98 Å². The van der Waals surface area contributed by atoms with Crippen LogP contribution in [0.1, 0.15) is 16.3 Å². The second-order valence-corrected chi connectivity index (χ2v) is 8.92. The maximum Gasteiger partial charge on any atom is 0.107 e. The first kappa shape index (κ1) is 18.8. The molecule has 1 N–H and O–H groups in total. The highest BCUT2D eigenvalue weighted by Gasteiger charge is 2.27. The molecule has 1 unspecified atom stereocenters. The molecule has 1 atom stereocenters. The fourth-order valence-corrected chi connectivity index (χ4v) is 5.22. The lowest BCUT2D eigenvalue weighted by Gasteiger charge is -2.41. The van der Waals surface area contributed by atoms with E-state index in [2.05, 4.69) is 57.0 Å². The number of benzene rings is 1. The molecule has 1 fully saturated rings. The average Bonchev–Trinajstić information content (AvgIpc) is 3.37. The quantitative estimate of drug-likeness (QED) is 0.653. The van der Waals surface area contributed by atoms with Crippen LogP contribution < -0.4 is 0 Å². The van der Waals surface area contributed by atoms with Crippen LogP contribution in [-0.2, 0) is 13.1 Å². The van der Waals surface area contributed by atoms with Gasteiger partial charge in [-0.05, 0) is 17.9 Å². The van der Waals surface area contributed by atoms with Crippen LogP contribution in [0.5, 0.6) is 0 Å². The maximum atomic E-state index is 9.51. The minimum absolute atomic E-state index is 0.245. The molecule has 1 saturated heterocycles. The number of hydrogen-bond acceptors (Lipinski definition) is 6. The molecule has 0 bridgehead atoms. The SMILES string of the molecule is OCCC1CN(Cc2nc(-c3ccccc3)cs2)CCN1Cc1cccs1. The molecule has 3 aromatic rings. The highest BCUT2D eigenvalue weighted by Crippen LogP contribution is 2.24. The van der Waals surface area contributed by atoms with Gasteiger partial charge >= 0.3 is 0 Å². The molecule has 1 aliphatic rings. The van der Waals surface area contributed by atoms with Crippen molar-refractivity contribution in [2.24, 2.45) is 0 Å². The smallest absolute Gasteiger partial charge is 0.107 e. The summed E-state index contributed by atoms with van der Waals surface area (Å²) >= 11 is 3.56. The van der Waals surface area contributed by atoms with Crippen molar-refractivity contribution >= 4 is 22.7 Å². The monoisotopic (exact) mass is 399 g/mol. The number of hydrogen-bond donors (Lipinski definition) is 1. The van der Waals surface area contributed by atoms with E-state index in [0.29, 0.717) is 6.04 Å². The zero-order valence-electron chi connectivity index (χ0n) is 15.3. The van der Waals surface area contributed by atoms with Gasteiger partial charge < -0.3 is 5.11 Å². The first-order chi connectivity index (χ1) is 13.3. The normalized spacial score (nSPS) is 18.8. The van der Waals surface area contributed by atoms with Gasteiger partial charge in [0.2, 0.25) is 0 Å². The van der Waals surface area contributed by atoms with Gasteiger partial charge in [-0.1, -0.05) is 36.4 Å². The van der Waals surface area contributed by atoms with Gasteiger partial charge in [-0.15, -0.1) is 22.7 Å². The van der Waals surface area contributed by atoms with Gasteiger partial charge in [0, 0.05) is 54.6 Å². The Labute approximate surface area is 168 Å². The summed E-state index contributed by atoms with van der Waals surface area (Å²) in [4.78, 5) is 11.3. The van der Waals surface area contributed by atoms with Crippen LogP contribution in [0.3, 0.4) is 0 Å². The summed E-state index contributed by atoms with van der Waals surface area (Å²) in [6, 6.07) is 15.1. The molecule has 4 nitrogen and oxygen atoms in total. The summed E-state index contributed by atoms with van der Waals surface area (Å²) in [7, 11) is 0. The lowest BCUT2D eigenvalue weighted by molar-refractivity contribution is 0.0506. The zero-order chi connectivity index (χ0) is 18.5. The van der Waals surface area contributed by atoms with Crippen LogP contribution in [0.2, 0.25) is 0 Å². The zero-order valence-corrected chi connectivity index (χ0v) is 17.0. The van der Waals surface area contributed by atoms with E-state index < -0.39 is 0 Å². The van der Waals surface area contributed by atoms with Crippen LogP contribution in [0.25, 0.3) is 11.3 Å². The van der Waals surface area contributed by atoms with Crippen LogP contribution in [0, 0.1) is 0 Å². The van der Waals surface area contributed by atoms with Crippen molar-refractivity contribution in [1.29, 1.82) is 0 Å². The summed E-state index contributed by atoms with van der Waals surface area (Å²) in [6.07, 6.45) is 0.828. The molecule has 0 saturated carbocycles. The Hall–Kier alpha value is -1.57. The number of rotatable bonds is 7. The first-order valence-corrected chi connectivity index (χ1v) is 11.2. The Morgan fingerprint density at radius 2 is 1.93 bits per heavy atom. The molecule has 0 spiro atoms. The third kappa shape index (κ3) is 4.83. The van der Waals surface area contributed by atoms with Gasteiger partial charge in [-0.2, -0.15) is 0 Å². The van der Waals surface area contributed by atoms with Gasteiger partial charge in [0.15, 0.2) is 0 Å². The number of nitrogens with zero attached hydrogens (tertiary/aromatic N) is 3. The number of thiazole rings is 1. The van der Waals surface area contributed by atoms with E-state index in [1.165, 1.54) is 15.4 Å². The van der Waals surface area contributed by atoms with E-state index in [0.717, 1.165) is 44.8 Å². The lowest BCUT2D eigenvalue weighted by Crippen LogP contribution is -2.52. The minimum Gasteiger partial charge on any atom is -0.396 e. The summed E-state index contributed by atoms with van der Waals surface area (Å²) in [5.41, 5.74) is 2.25. The maximum absolute atomic E-state index is 9.51. The number of aliphatic hydroxyl groups excluding tert-OH is 1. The lowest BCUT2D eigenvalue weighted by atomic mass is 10.1. The van der Waals surface area contributed by atoms with E-state index in [1.807, 2.05) is 17.4 Å². The number of aliphatic hydroxyl groups is 1. The predicted octanol–water partition coefficient (Wildman–Crippen LogP) is 3.94. The van der Waals surface area contributed by atoms with E-state index in [9.17, 15) is 5.11 Å². The van der Waals surface area contributed by atoms with Crippen molar-refractivity contribution in [3.05, 3.63) is 63.1 Å². The van der Waals surface area contributed by atoms with Crippen molar-refractivity contribution in [3.63, 3.8) is 0 Å². The van der Waals surface area contributed by atoms with Gasteiger partial charge in [-0.3, -0.25) is 9.80 Å². The number of aromatic nitrogens is 1. The molecule has 0 amide bonds. The fourth-order valence-electron chi connectivity index (χ4n) is 3.65. The first-order valence-electron chi connectivity index (χ1n) is 9.41. The standard InChI is InChI=1S/C21H25N3OS2/c25-11-8-18-13-23(9-10-24(18)14-19-7-4-12-26-19)15-21-22-20(16-27-21)17-5-2-1-3-6-17/h1-7,12,16,18,25H,8-11,13-15H2. The molecule has 4 rings (SSSR count). The highest BCUT2D eigenvalue weighted by atomic mass is 32.1. The molecule has 0 aliphatic carbocycles. The Balaban J connectivity index is 1.38. The predicted molar refractivity (Wildman–Crippen MR) is 113 cm³/mol. The fraction of sp³-hybridized carbons (Fsp3) is 0.381. The summed E-state index contributed by atoms with van der Waals surface area (Å²) in [5, 5.41) is 15.0. The van der Waals surface area contributed by atoms with E-state index >= 15 is 0 Å². The molecule has 3 heterocycles. The summed E-state index contributed by atoms with van der Waals surface area (Å²) < 4.78 is 0. The van der Waals surface area contributed by atoms with Crippen molar-refractivity contribution in [1.82, 2.24) is 14.8 Å². The van der Waals surface area contributed by atoms with Crippen molar-refractivity contribution in [2.75, 3.05) is 26.2 Å². The summed E-state index contributed by atoms with van der Waals surface area (Å²) in [5.74, 6) is 0. The number of thiophene rings is 1. The summed E-state index contributed by atoms with van der Waals surface area (Å²) in [6.45, 7) is 5.21. The third-order valence-corrected chi connectivity index (χ3v) is 6.77. The molecular weight excluding hydrogens is 374 g/mol. The van der Waals surface area contributed by atoms with E-state index in [1.54, 1.807) is 11.3 Å². The Morgan fingerprint density at radius 3 is 2.70 bits per heavy atom. The molecule has 142 valence electrons.